The van der Waals surface area contributed by atoms with Crippen molar-refractivity contribution in [3.05, 3.63) is 46.1 Å². The van der Waals surface area contributed by atoms with Crippen LogP contribution in [-0.2, 0) is 6.42 Å². The summed E-state index contributed by atoms with van der Waals surface area (Å²) in [6, 6.07) is 8.70. The number of nitriles is 1. The molecule has 0 aliphatic heterocycles. The first kappa shape index (κ1) is 12.9. The summed E-state index contributed by atoms with van der Waals surface area (Å²) in [7, 11) is 0. The molecule has 2 heterocycles. The quantitative estimate of drug-likeness (QED) is 0.711. The Bertz CT molecular complexity index is 833. The highest BCUT2D eigenvalue weighted by Gasteiger charge is 2.15. The fourth-order valence-corrected chi connectivity index (χ4v) is 3.54. The van der Waals surface area contributed by atoms with Gasteiger partial charge in [0, 0.05) is 10.9 Å². The van der Waals surface area contributed by atoms with Gasteiger partial charge in [-0.05, 0) is 26.3 Å². The zero-order valence-electron chi connectivity index (χ0n) is 11.8. The summed E-state index contributed by atoms with van der Waals surface area (Å²) >= 11 is 1.62. The van der Waals surface area contributed by atoms with Gasteiger partial charge in [0.1, 0.15) is 0 Å². The Morgan fingerprint density at radius 1 is 1.30 bits per heavy atom. The molecule has 0 aliphatic carbocycles. The first-order chi connectivity index (χ1) is 9.61. The van der Waals surface area contributed by atoms with Crippen LogP contribution in [0.25, 0.3) is 16.2 Å². The van der Waals surface area contributed by atoms with Gasteiger partial charge in [-0.3, -0.25) is 4.40 Å². The van der Waals surface area contributed by atoms with Crippen LogP contribution in [0.15, 0.2) is 23.6 Å². The maximum atomic E-state index is 9.02. The predicted molar refractivity (Wildman–Crippen MR) is 82.0 cm³/mol. The number of aryl methyl sites for hydroxylation is 3. The molecular formula is C16H15N3S. The average molecular weight is 281 g/mol. The molecule has 0 N–H and O–H groups in total. The Labute approximate surface area is 122 Å². The van der Waals surface area contributed by atoms with E-state index in [1.165, 1.54) is 16.7 Å². The number of fused-ring (bicyclic) bond motifs is 1. The van der Waals surface area contributed by atoms with Gasteiger partial charge in [-0.1, -0.05) is 23.8 Å². The molecule has 0 aliphatic rings. The first-order valence-electron chi connectivity index (χ1n) is 6.52. The minimum Gasteiger partial charge on any atom is -0.286 e. The zero-order valence-corrected chi connectivity index (χ0v) is 12.6. The second-order valence-corrected chi connectivity index (χ2v) is 5.87. The van der Waals surface area contributed by atoms with Gasteiger partial charge >= 0.3 is 0 Å². The van der Waals surface area contributed by atoms with E-state index in [1.807, 2.05) is 6.92 Å². The first-order valence-corrected chi connectivity index (χ1v) is 7.39. The highest BCUT2D eigenvalue weighted by Crippen LogP contribution is 2.31. The fraction of sp³-hybridized carbons (Fsp3) is 0.250. The summed E-state index contributed by atoms with van der Waals surface area (Å²) in [5, 5.41) is 11.1. The number of nitrogens with zero attached hydrogens (tertiary/aromatic N) is 3. The average Bonchev–Trinajstić information content (AvgIpc) is 2.91. The molecule has 0 bridgehead atoms. The van der Waals surface area contributed by atoms with Crippen molar-refractivity contribution in [3.8, 4) is 17.3 Å². The van der Waals surface area contributed by atoms with Crippen molar-refractivity contribution >= 4 is 16.3 Å². The van der Waals surface area contributed by atoms with Gasteiger partial charge in [0.2, 0.25) is 0 Å². The van der Waals surface area contributed by atoms with Crippen LogP contribution >= 0.6 is 11.3 Å². The molecule has 20 heavy (non-hydrogen) atoms. The third kappa shape index (κ3) is 1.91. The molecule has 0 saturated carbocycles. The maximum absolute atomic E-state index is 9.02. The van der Waals surface area contributed by atoms with Crippen molar-refractivity contribution in [3.63, 3.8) is 0 Å². The lowest BCUT2D eigenvalue weighted by atomic mass is 10.0. The predicted octanol–water partition coefficient (Wildman–Crippen LogP) is 4.05. The van der Waals surface area contributed by atoms with Crippen LogP contribution in [-0.4, -0.2) is 9.38 Å². The maximum Gasteiger partial charge on any atom is 0.194 e. The molecule has 100 valence electrons. The van der Waals surface area contributed by atoms with Crippen molar-refractivity contribution in [1.29, 1.82) is 5.26 Å². The normalized spacial score (nSPS) is 10.9. The SMILES string of the molecule is Cc1ccc(-c2csc3nc(C)c(CC#N)n23)c(C)c1. The fourth-order valence-electron chi connectivity index (χ4n) is 2.59. The van der Waals surface area contributed by atoms with E-state index in [0.717, 1.165) is 22.0 Å². The zero-order chi connectivity index (χ0) is 14.3. The van der Waals surface area contributed by atoms with Gasteiger partial charge in [0.15, 0.2) is 4.96 Å². The molecule has 0 spiro atoms. The Morgan fingerprint density at radius 3 is 2.80 bits per heavy atom. The summed E-state index contributed by atoms with van der Waals surface area (Å²) in [5.41, 5.74) is 6.80. The number of hydrogen-bond donors (Lipinski definition) is 0. The van der Waals surface area contributed by atoms with E-state index in [4.69, 9.17) is 5.26 Å². The summed E-state index contributed by atoms with van der Waals surface area (Å²) in [6.45, 7) is 6.19. The Hall–Kier alpha value is -2.12. The monoisotopic (exact) mass is 281 g/mol. The van der Waals surface area contributed by atoms with E-state index in [9.17, 15) is 0 Å². The summed E-state index contributed by atoms with van der Waals surface area (Å²) < 4.78 is 2.13. The smallest absolute Gasteiger partial charge is 0.194 e. The lowest BCUT2D eigenvalue weighted by Gasteiger charge is -2.07. The van der Waals surface area contributed by atoms with Crippen molar-refractivity contribution in [2.24, 2.45) is 0 Å². The van der Waals surface area contributed by atoms with Crippen LogP contribution in [0, 0.1) is 32.1 Å². The minimum atomic E-state index is 0.391. The molecule has 3 aromatic rings. The lowest BCUT2D eigenvalue weighted by molar-refractivity contribution is 1.05. The molecule has 1 aromatic carbocycles. The number of aromatic nitrogens is 2. The Morgan fingerprint density at radius 2 is 2.10 bits per heavy atom. The van der Waals surface area contributed by atoms with Crippen LogP contribution in [0.2, 0.25) is 0 Å². The molecule has 2 aromatic heterocycles. The highest BCUT2D eigenvalue weighted by molar-refractivity contribution is 7.15. The van der Waals surface area contributed by atoms with Gasteiger partial charge < -0.3 is 0 Å². The Balaban J connectivity index is 2.29. The summed E-state index contributed by atoms with van der Waals surface area (Å²) in [4.78, 5) is 5.52. The lowest BCUT2D eigenvalue weighted by Crippen LogP contribution is -1.96. The van der Waals surface area contributed by atoms with Crippen molar-refractivity contribution in [2.45, 2.75) is 27.2 Å². The van der Waals surface area contributed by atoms with E-state index in [2.05, 4.69) is 52.9 Å². The van der Waals surface area contributed by atoms with Crippen LogP contribution in [0.4, 0.5) is 0 Å². The summed E-state index contributed by atoms with van der Waals surface area (Å²) in [5.74, 6) is 0. The van der Waals surface area contributed by atoms with Crippen LogP contribution in [0.1, 0.15) is 22.5 Å². The largest absolute Gasteiger partial charge is 0.286 e. The number of thiazole rings is 1. The molecule has 0 unspecified atom stereocenters. The molecule has 4 heteroatoms. The van der Waals surface area contributed by atoms with E-state index < -0.39 is 0 Å². The molecule has 0 amide bonds. The number of hydrogen-bond acceptors (Lipinski definition) is 3. The molecular weight excluding hydrogens is 266 g/mol. The van der Waals surface area contributed by atoms with E-state index in [0.29, 0.717) is 6.42 Å². The molecule has 0 saturated heterocycles. The van der Waals surface area contributed by atoms with Crippen molar-refractivity contribution < 1.29 is 0 Å². The highest BCUT2D eigenvalue weighted by atomic mass is 32.1. The van der Waals surface area contributed by atoms with Gasteiger partial charge in [0.25, 0.3) is 0 Å². The second-order valence-electron chi connectivity index (χ2n) is 5.04. The number of benzene rings is 1. The van der Waals surface area contributed by atoms with Crippen LogP contribution < -0.4 is 0 Å². The molecule has 0 radical (unpaired) electrons. The van der Waals surface area contributed by atoms with Gasteiger partial charge in [0.05, 0.1) is 29.6 Å². The second kappa shape index (κ2) is 4.77. The van der Waals surface area contributed by atoms with Crippen molar-refractivity contribution in [1.82, 2.24) is 9.38 Å². The summed E-state index contributed by atoms with van der Waals surface area (Å²) in [6.07, 6.45) is 0.391. The topological polar surface area (TPSA) is 41.1 Å². The van der Waals surface area contributed by atoms with Gasteiger partial charge in [-0.25, -0.2) is 4.98 Å². The van der Waals surface area contributed by atoms with E-state index in [1.54, 1.807) is 11.3 Å². The van der Waals surface area contributed by atoms with E-state index >= 15 is 0 Å². The molecule has 3 nitrogen and oxygen atoms in total. The van der Waals surface area contributed by atoms with Crippen molar-refractivity contribution in [2.75, 3.05) is 0 Å². The molecule has 0 atom stereocenters. The molecule has 0 fully saturated rings. The number of rotatable bonds is 2. The standard InChI is InChI=1S/C16H15N3S/c1-10-4-5-13(11(2)8-10)15-9-20-16-18-12(3)14(6-7-17)19(15)16/h4-5,8-9H,6H2,1-3H3. The minimum absolute atomic E-state index is 0.391. The van der Waals surface area contributed by atoms with Gasteiger partial charge in [-0.2, -0.15) is 5.26 Å². The van der Waals surface area contributed by atoms with Crippen LogP contribution in [0.5, 0.6) is 0 Å². The third-order valence-corrected chi connectivity index (χ3v) is 4.39. The molecule has 3 rings (SSSR count). The van der Waals surface area contributed by atoms with E-state index in [-0.39, 0.29) is 0 Å². The third-order valence-electron chi connectivity index (χ3n) is 3.56. The Kier molecular flexibility index (Phi) is 3.07. The van der Waals surface area contributed by atoms with Crippen LogP contribution in [0.3, 0.4) is 0 Å². The number of imidazole rings is 1. The van der Waals surface area contributed by atoms with Gasteiger partial charge in [-0.15, -0.1) is 11.3 Å².